The predicted molar refractivity (Wildman–Crippen MR) is 79.0 cm³/mol. The van der Waals surface area contributed by atoms with Crippen LogP contribution >= 0.6 is 0 Å². The van der Waals surface area contributed by atoms with E-state index < -0.39 is 10.0 Å². The minimum absolute atomic E-state index is 0.0487. The number of nitrogens with one attached hydrogen (secondary N) is 1. The number of nitrogens with zero attached hydrogens (tertiary/aromatic N) is 1. The lowest BCUT2D eigenvalue weighted by molar-refractivity contribution is 0.373. The number of hydrogen-bond donors (Lipinski definition) is 2. The predicted octanol–water partition coefficient (Wildman–Crippen LogP) is 1.71. The molecule has 0 saturated carbocycles. The van der Waals surface area contributed by atoms with Crippen LogP contribution in [-0.2, 0) is 10.0 Å². The monoisotopic (exact) mass is 306 g/mol. The van der Waals surface area contributed by atoms with Crippen LogP contribution < -0.4 is 9.57 Å². The van der Waals surface area contributed by atoms with Gasteiger partial charge in [-0.25, -0.2) is 4.83 Å². The van der Waals surface area contributed by atoms with E-state index in [0.717, 1.165) is 0 Å². The molecule has 2 aromatic carbocycles. The van der Waals surface area contributed by atoms with Crippen molar-refractivity contribution in [1.82, 2.24) is 4.83 Å². The molecule has 2 rings (SSSR count). The van der Waals surface area contributed by atoms with Crippen LogP contribution in [0.15, 0.2) is 58.5 Å². The van der Waals surface area contributed by atoms with E-state index in [2.05, 4.69) is 9.93 Å². The summed E-state index contributed by atoms with van der Waals surface area (Å²) in [4.78, 5) is 2.23. The van der Waals surface area contributed by atoms with E-state index >= 15 is 0 Å². The molecule has 6 nitrogen and oxygen atoms in total. The van der Waals surface area contributed by atoms with Gasteiger partial charge in [0.25, 0.3) is 10.0 Å². The number of methoxy groups -OCH3 is 1. The summed E-state index contributed by atoms with van der Waals surface area (Å²) >= 11 is 0. The van der Waals surface area contributed by atoms with Crippen LogP contribution in [0.2, 0.25) is 0 Å². The average molecular weight is 306 g/mol. The summed E-state index contributed by atoms with van der Waals surface area (Å²) in [6, 6.07) is 12.5. The van der Waals surface area contributed by atoms with Gasteiger partial charge >= 0.3 is 0 Å². The SMILES string of the molecule is COc1ccc(/C=N\NS(=O)(=O)c2ccccc2)cc1O. The van der Waals surface area contributed by atoms with Gasteiger partial charge in [0.2, 0.25) is 0 Å². The molecule has 0 aliphatic heterocycles. The molecule has 2 aromatic rings. The summed E-state index contributed by atoms with van der Waals surface area (Å²) in [5.41, 5.74) is 0.532. The molecule has 0 atom stereocenters. The first-order valence-electron chi connectivity index (χ1n) is 6.00. The van der Waals surface area contributed by atoms with Crippen molar-refractivity contribution < 1.29 is 18.3 Å². The van der Waals surface area contributed by atoms with Gasteiger partial charge in [-0.1, -0.05) is 18.2 Å². The maximum atomic E-state index is 11.9. The number of ether oxygens (including phenoxy) is 1. The van der Waals surface area contributed by atoms with Gasteiger partial charge in [0.15, 0.2) is 11.5 Å². The number of aromatic hydroxyl groups is 1. The van der Waals surface area contributed by atoms with Gasteiger partial charge in [0.1, 0.15) is 0 Å². The first-order chi connectivity index (χ1) is 10.0. The molecule has 2 N–H and O–H groups in total. The van der Waals surface area contributed by atoms with E-state index in [0.29, 0.717) is 11.3 Å². The summed E-state index contributed by atoms with van der Waals surface area (Å²) in [7, 11) is -2.25. The molecule has 0 aromatic heterocycles. The quantitative estimate of drug-likeness (QED) is 0.650. The smallest absolute Gasteiger partial charge is 0.276 e. The highest BCUT2D eigenvalue weighted by Crippen LogP contribution is 2.25. The Morgan fingerprint density at radius 3 is 2.52 bits per heavy atom. The highest BCUT2D eigenvalue weighted by molar-refractivity contribution is 7.89. The van der Waals surface area contributed by atoms with Gasteiger partial charge < -0.3 is 9.84 Å². The summed E-state index contributed by atoms with van der Waals surface area (Å²) in [6.07, 6.45) is 1.29. The van der Waals surface area contributed by atoms with Crippen molar-refractivity contribution in [3.05, 3.63) is 54.1 Å². The summed E-state index contributed by atoms with van der Waals surface area (Å²) in [5, 5.41) is 13.3. The van der Waals surface area contributed by atoms with Gasteiger partial charge in [-0.2, -0.15) is 13.5 Å². The van der Waals surface area contributed by atoms with E-state index in [1.807, 2.05) is 0 Å². The van der Waals surface area contributed by atoms with Crippen LogP contribution in [0.5, 0.6) is 11.5 Å². The summed E-state index contributed by atoms with van der Waals surface area (Å²) < 4.78 is 28.7. The number of hydrazone groups is 1. The maximum Gasteiger partial charge on any atom is 0.276 e. The Labute approximate surface area is 122 Å². The zero-order chi connectivity index (χ0) is 15.3. The topological polar surface area (TPSA) is 88.0 Å². The van der Waals surface area contributed by atoms with Crippen molar-refractivity contribution in [2.24, 2.45) is 5.10 Å². The third kappa shape index (κ3) is 3.73. The van der Waals surface area contributed by atoms with Crippen molar-refractivity contribution in [2.75, 3.05) is 7.11 Å². The number of rotatable bonds is 5. The summed E-state index contributed by atoms with van der Waals surface area (Å²) in [6.45, 7) is 0. The second kappa shape index (κ2) is 6.27. The highest BCUT2D eigenvalue weighted by atomic mass is 32.2. The van der Waals surface area contributed by atoms with Crippen molar-refractivity contribution in [3.63, 3.8) is 0 Å². The Hall–Kier alpha value is -2.54. The van der Waals surface area contributed by atoms with Crippen LogP contribution in [0.3, 0.4) is 0 Å². The Bertz CT molecular complexity index is 743. The standard InChI is InChI=1S/C14H14N2O4S/c1-20-14-8-7-11(9-13(14)17)10-15-16-21(18,19)12-5-3-2-4-6-12/h2-10,16-17H,1H3/b15-10-. The number of hydrogen-bond acceptors (Lipinski definition) is 5. The minimum Gasteiger partial charge on any atom is -0.504 e. The molecule has 110 valence electrons. The normalized spacial score (nSPS) is 11.5. The first-order valence-corrected chi connectivity index (χ1v) is 7.48. The molecule has 0 unspecified atom stereocenters. The molecule has 0 bridgehead atoms. The third-order valence-electron chi connectivity index (χ3n) is 2.64. The van der Waals surface area contributed by atoms with Gasteiger partial charge in [0.05, 0.1) is 18.2 Å². The third-order valence-corrected chi connectivity index (χ3v) is 3.88. The molecule has 7 heteroatoms. The molecule has 0 radical (unpaired) electrons. The van der Waals surface area contributed by atoms with Crippen molar-refractivity contribution in [3.8, 4) is 11.5 Å². The van der Waals surface area contributed by atoms with Gasteiger partial charge in [-0.3, -0.25) is 0 Å². The Morgan fingerprint density at radius 2 is 1.90 bits per heavy atom. The molecular weight excluding hydrogens is 292 g/mol. The van der Waals surface area contributed by atoms with Crippen LogP contribution in [0.4, 0.5) is 0 Å². The average Bonchev–Trinajstić information content (AvgIpc) is 2.48. The molecule has 0 heterocycles. The number of benzene rings is 2. The molecule has 0 amide bonds. The molecule has 0 fully saturated rings. The first kappa shape index (κ1) is 14.9. The number of sulfonamides is 1. The second-order valence-electron chi connectivity index (χ2n) is 4.10. The van der Waals surface area contributed by atoms with Crippen LogP contribution in [0.25, 0.3) is 0 Å². The second-order valence-corrected chi connectivity index (χ2v) is 5.76. The van der Waals surface area contributed by atoms with E-state index in [9.17, 15) is 13.5 Å². The number of phenols is 1. The Morgan fingerprint density at radius 1 is 1.19 bits per heavy atom. The Kier molecular flexibility index (Phi) is 4.44. The molecule has 21 heavy (non-hydrogen) atoms. The largest absolute Gasteiger partial charge is 0.504 e. The van der Waals surface area contributed by atoms with E-state index in [-0.39, 0.29) is 10.6 Å². The fourth-order valence-electron chi connectivity index (χ4n) is 1.61. The van der Waals surface area contributed by atoms with Crippen molar-refractivity contribution >= 4 is 16.2 Å². The van der Waals surface area contributed by atoms with E-state index in [1.165, 1.54) is 31.5 Å². The highest BCUT2D eigenvalue weighted by Gasteiger charge is 2.11. The molecule has 0 aliphatic rings. The van der Waals surface area contributed by atoms with Crippen molar-refractivity contribution in [2.45, 2.75) is 4.90 Å². The Balaban J connectivity index is 2.11. The molecule has 0 saturated heterocycles. The maximum absolute atomic E-state index is 11.9. The lowest BCUT2D eigenvalue weighted by Gasteiger charge is -2.04. The van der Waals surface area contributed by atoms with E-state index in [4.69, 9.17) is 4.74 Å². The summed E-state index contributed by atoms with van der Waals surface area (Å²) in [5.74, 6) is 0.282. The molecule has 0 aliphatic carbocycles. The van der Waals surface area contributed by atoms with Gasteiger partial charge in [-0.05, 0) is 35.9 Å². The van der Waals surface area contributed by atoms with Crippen molar-refractivity contribution in [1.29, 1.82) is 0 Å². The molecule has 0 spiro atoms. The van der Waals surface area contributed by atoms with Gasteiger partial charge in [0, 0.05) is 0 Å². The van der Waals surface area contributed by atoms with Crippen LogP contribution in [-0.4, -0.2) is 26.8 Å². The zero-order valence-electron chi connectivity index (χ0n) is 11.2. The van der Waals surface area contributed by atoms with Gasteiger partial charge in [-0.15, -0.1) is 0 Å². The van der Waals surface area contributed by atoms with Crippen LogP contribution in [0.1, 0.15) is 5.56 Å². The lowest BCUT2D eigenvalue weighted by atomic mass is 10.2. The van der Waals surface area contributed by atoms with E-state index in [1.54, 1.807) is 30.3 Å². The fourth-order valence-corrected chi connectivity index (χ4v) is 2.42. The lowest BCUT2D eigenvalue weighted by Crippen LogP contribution is -2.18. The zero-order valence-corrected chi connectivity index (χ0v) is 12.0. The number of phenolic OH excluding ortho intramolecular Hbond substituents is 1. The molecular formula is C14H14N2O4S. The van der Waals surface area contributed by atoms with Crippen LogP contribution in [0, 0.1) is 0 Å². The minimum atomic E-state index is -3.69. The fraction of sp³-hybridized carbons (Fsp3) is 0.0714.